The zero-order chi connectivity index (χ0) is 14.9. The van der Waals surface area contributed by atoms with Crippen LogP contribution in [0.2, 0.25) is 0 Å². The molecule has 0 radical (unpaired) electrons. The van der Waals surface area contributed by atoms with Gasteiger partial charge in [0.1, 0.15) is 12.2 Å². The summed E-state index contributed by atoms with van der Waals surface area (Å²) in [5, 5.41) is 56.5. The molecule has 20 heavy (non-hydrogen) atoms. The van der Waals surface area contributed by atoms with Gasteiger partial charge in [-0.15, -0.1) is 0 Å². The summed E-state index contributed by atoms with van der Waals surface area (Å²) in [7, 11) is 0. The Balaban J connectivity index is 2.16. The van der Waals surface area contributed by atoms with Gasteiger partial charge in [-0.2, -0.15) is 0 Å². The molecule has 0 amide bonds. The lowest BCUT2D eigenvalue weighted by atomic mass is 10.1. The lowest BCUT2D eigenvalue weighted by Crippen LogP contribution is -2.49. The summed E-state index contributed by atoms with van der Waals surface area (Å²) in [6, 6.07) is 0. The van der Waals surface area contributed by atoms with E-state index >= 15 is 0 Å². The average Bonchev–Trinajstić information content (AvgIpc) is 2.81. The first-order valence-corrected chi connectivity index (χ1v) is 6.09. The molecule has 6 N–H and O–H groups in total. The third-order valence-corrected chi connectivity index (χ3v) is 3.24. The molecule has 2 unspecified atom stereocenters. The number of hydrogen-bond acceptors (Lipinski definition) is 9. The maximum absolute atomic E-state index is 9.70. The summed E-state index contributed by atoms with van der Waals surface area (Å²) in [4.78, 5) is 0. The Morgan fingerprint density at radius 3 is 2.40 bits per heavy atom. The Kier molecular flexibility index (Phi) is 4.49. The molecule has 2 aliphatic heterocycles. The standard InChI is InChI=1S/C11H18O9/c12-2-6-7(15)8(16)9(17)10(19-6)20-11(4-13)1-5(14)3-18-11/h5-7,10,12-17H,1-4H2/t5-,6?,7+,10+,11?/m0/s1. The van der Waals surface area contributed by atoms with E-state index in [9.17, 15) is 25.5 Å². The maximum atomic E-state index is 9.70. The van der Waals surface area contributed by atoms with Crippen molar-refractivity contribution in [3.63, 3.8) is 0 Å². The van der Waals surface area contributed by atoms with E-state index in [1.807, 2.05) is 0 Å². The number of rotatable bonds is 4. The first-order chi connectivity index (χ1) is 9.42. The Morgan fingerprint density at radius 1 is 1.20 bits per heavy atom. The van der Waals surface area contributed by atoms with Gasteiger partial charge in [0.15, 0.2) is 17.3 Å². The van der Waals surface area contributed by atoms with Crippen LogP contribution < -0.4 is 0 Å². The van der Waals surface area contributed by atoms with E-state index < -0.39 is 55.1 Å². The van der Waals surface area contributed by atoms with E-state index in [4.69, 9.17) is 19.3 Å². The highest BCUT2D eigenvalue weighted by Gasteiger charge is 2.47. The molecule has 0 aromatic heterocycles. The highest BCUT2D eigenvalue weighted by atomic mass is 16.8. The van der Waals surface area contributed by atoms with Crippen LogP contribution in [0.1, 0.15) is 6.42 Å². The van der Waals surface area contributed by atoms with Gasteiger partial charge < -0.3 is 44.8 Å². The van der Waals surface area contributed by atoms with Crippen LogP contribution in [0.25, 0.3) is 0 Å². The van der Waals surface area contributed by atoms with Gasteiger partial charge in [-0.3, -0.25) is 0 Å². The van der Waals surface area contributed by atoms with E-state index in [0.29, 0.717) is 0 Å². The molecular formula is C11H18O9. The van der Waals surface area contributed by atoms with Crippen LogP contribution in [0.3, 0.4) is 0 Å². The van der Waals surface area contributed by atoms with Crippen LogP contribution in [-0.2, 0) is 14.2 Å². The van der Waals surface area contributed by atoms with Crippen molar-refractivity contribution in [1.82, 2.24) is 0 Å². The van der Waals surface area contributed by atoms with Gasteiger partial charge in [0, 0.05) is 6.42 Å². The molecule has 9 heteroatoms. The van der Waals surface area contributed by atoms with Crippen molar-refractivity contribution in [3.05, 3.63) is 11.5 Å². The SMILES string of the molecule is OCC1O[C@H](OC2(CO)C[C@H](O)CO2)C(O)=C(O)[C@@H]1O. The molecule has 9 nitrogen and oxygen atoms in total. The van der Waals surface area contributed by atoms with Gasteiger partial charge in [0.05, 0.1) is 25.9 Å². The van der Waals surface area contributed by atoms with Gasteiger partial charge >= 0.3 is 0 Å². The lowest BCUT2D eigenvalue weighted by Gasteiger charge is -2.36. The Morgan fingerprint density at radius 2 is 1.90 bits per heavy atom. The minimum absolute atomic E-state index is 0.0518. The lowest BCUT2D eigenvalue weighted by molar-refractivity contribution is -0.320. The monoisotopic (exact) mass is 294 g/mol. The maximum Gasteiger partial charge on any atom is 0.223 e. The zero-order valence-electron chi connectivity index (χ0n) is 10.5. The molecule has 0 aliphatic carbocycles. The van der Waals surface area contributed by atoms with Gasteiger partial charge in [-0.1, -0.05) is 0 Å². The molecule has 2 aliphatic rings. The Bertz CT molecular complexity index is 384. The second kappa shape index (κ2) is 5.82. The number of aliphatic hydroxyl groups is 6. The molecule has 0 bridgehead atoms. The van der Waals surface area contributed by atoms with Crippen LogP contribution in [0.15, 0.2) is 11.5 Å². The third-order valence-electron chi connectivity index (χ3n) is 3.24. The zero-order valence-corrected chi connectivity index (χ0v) is 10.5. The number of ether oxygens (including phenoxy) is 3. The highest BCUT2D eigenvalue weighted by Crippen LogP contribution is 2.33. The van der Waals surface area contributed by atoms with Gasteiger partial charge in [0.25, 0.3) is 0 Å². The topological polar surface area (TPSA) is 149 Å². The van der Waals surface area contributed by atoms with Crippen molar-refractivity contribution >= 4 is 0 Å². The minimum Gasteiger partial charge on any atom is -0.506 e. The van der Waals surface area contributed by atoms with E-state index in [1.54, 1.807) is 0 Å². The van der Waals surface area contributed by atoms with Crippen LogP contribution in [0.4, 0.5) is 0 Å². The molecule has 1 saturated heterocycles. The molecule has 2 rings (SSSR count). The van der Waals surface area contributed by atoms with E-state index in [2.05, 4.69) is 0 Å². The van der Waals surface area contributed by atoms with Gasteiger partial charge in [-0.05, 0) is 0 Å². The Hall–Kier alpha value is -0.940. The fourth-order valence-electron chi connectivity index (χ4n) is 2.12. The number of hydrogen-bond donors (Lipinski definition) is 6. The summed E-state index contributed by atoms with van der Waals surface area (Å²) in [5.74, 6) is -3.15. The first kappa shape index (κ1) is 15.4. The fraction of sp³-hybridized carbons (Fsp3) is 0.818. The minimum atomic E-state index is -1.58. The summed E-state index contributed by atoms with van der Waals surface area (Å²) >= 11 is 0. The number of aliphatic hydroxyl groups excluding tert-OH is 6. The predicted octanol–water partition coefficient (Wildman–Crippen LogP) is -2.12. The predicted molar refractivity (Wildman–Crippen MR) is 61.5 cm³/mol. The molecule has 116 valence electrons. The fourth-order valence-corrected chi connectivity index (χ4v) is 2.12. The molecule has 0 saturated carbocycles. The summed E-state index contributed by atoms with van der Waals surface area (Å²) in [5.41, 5.74) is 0. The molecule has 1 fully saturated rings. The van der Waals surface area contributed by atoms with E-state index in [-0.39, 0.29) is 13.0 Å². The van der Waals surface area contributed by atoms with Crippen LogP contribution in [-0.4, -0.2) is 80.8 Å². The average molecular weight is 294 g/mol. The van der Waals surface area contributed by atoms with Crippen molar-refractivity contribution in [2.45, 2.75) is 36.8 Å². The summed E-state index contributed by atoms with van der Waals surface area (Å²) < 4.78 is 15.5. The van der Waals surface area contributed by atoms with Crippen LogP contribution in [0.5, 0.6) is 0 Å². The normalized spacial score (nSPS) is 42.2. The van der Waals surface area contributed by atoms with Crippen molar-refractivity contribution in [3.8, 4) is 0 Å². The first-order valence-electron chi connectivity index (χ1n) is 6.09. The second-order valence-electron chi connectivity index (χ2n) is 4.76. The van der Waals surface area contributed by atoms with Gasteiger partial charge in [-0.25, -0.2) is 0 Å². The highest BCUT2D eigenvalue weighted by molar-refractivity contribution is 5.12. The molecule has 2 heterocycles. The molecule has 0 spiro atoms. The van der Waals surface area contributed by atoms with Gasteiger partial charge in [0.2, 0.25) is 6.29 Å². The molecule has 5 atom stereocenters. The quantitative estimate of drug-likeness (QED) is 0.342. The van der Waals surface area contributed by atoms with Crippen molar-refractivity contribution in [2.75, 3.05) is 19.8 Å². The van der Waals surface area contributed by atoms with Crippen LogP contribution >= 0.6 is 0 Å². The Labute approximate surface area is 114 Å². The van der Waals surface area contributed by atoms with Crippen molar-refractivity contribution < 1.29 is 44.8 Å². The van der Waals surface area contributed by atoms with E-state index in [1.165, 1.54) is 0 Å². The molecular weight excluding hydrogens is 276 g/mol. The third kappa shape index (κ3) is 2.74. The molecule has 0 aromatic rings. The van der Waals surface area contributed by atoms with Crippen LogP contribution in [0, 0.1) is 0 Å². The van der Waals surface area contributed by atoms with E-state index in [0.717, 1.165) is 0 Å². The largest absolute Gasteiger partial charge is 0.506 e. The smallest absolute Gasteiger partial charge is 0.223 e. The second-order valence-corrected chi connectivity index (χ2v) is 4.76. The summed E-state index contributed by atoms with van der Waals surface area (Å²) in [6.45, 7) is -1.28. The summed E-state index contributed by atoms with van der Waals surface area (Å²) in [6.07, 6.45) is -5.21. The van der Waals surface area contributed by atoms with Crippen molar-refractivity contribution in [2.24, 2.45) is 0 Å². The van der Waals surface area contributed by atoms with Crippen molar-refractivity contribution in [1.29, 1.82) is 0 Å². The molecule has 0 aromatic carbocycles.